The van der Waals surface area contributed by atoms with Crippen molar-refractivity contribution in [1.29, 1.82) is 0 Å². The van der Waals surface area contributed by atoms with E-state index in [9.17, 15) is 9.59 Å². The van der Waals surface area contributed by atoms with Gasteiger partial charge in [-0.05, 0) is 24.8 Å². The molecule has 3 rings (SSSR count). The zero-order valence-electron chi connectivity index (χ0n) is 12.4. The van der Waals surface area contributed by atoms with Crippen molar-refractivity contribution in [2.24, 2.45) is 5.92 Å². The zero-order valence-corrected chi connectivity index (χ0v) is 12.4. The van der Waals surface area contributed by atoms with Gasteiger partial charge in [0.1, 0.15) is 0 Å². The Morgan fingerprint density at radius 1 is 1.24 bits per heavy atom. The maximum absolute atomic E-state index is 13.0. The molecule has 1 unspecified atom stereocenters. The molecule has 0 spiro atoms. The summed E-state index contributed by atoms with van der Waals surface area (Å²) in [6, 6.07) is 10.0. The topological polar surface area (TPSA) is 46.6 Å². The van der Waals surface area contributed by atoms with Crippen LogP contribution < -0.4 is 0 Å². The van der Waals surface area contributed by atoms with E-state index < -0.39 is 0 Å². The van der Waals surface area contributed by atoms with Crippen LogP contribution in [0.4, 0.5) is 0 Å². The van der Waals surface area contributed by atoms with Gasteiger partial charge in [0.25, 0.3) is 0 Å². The van der Waals surface area contributed by atoms with Crippen LogP contribution in [0.25, 0.3) is 0 Å². The Balaban J connectivity index is 1.77. The lowest BCUT2D eigenvalue weighted by Gasteiger charge is -2.43. The Kier molecular flexibility index (Phi) is 3.70. The minimum atomic E-state index is -0.355. The summed E-state index contributed by atoms with van der Waals surface area (Å²) in [5.41, 5.74) is 0.759. The first-order chi connectivity index (χ1) is 10.2. The molecular weight excluding hydrogens is 266 g/mol. The molecule has 1 aromatic rings. The minimum Gasteiger partial charge on any atom is -0.469 e. The summed E-state index contributed by atoms with van der Waals surface area (Å²) in [5.74, 6) is -0.175. The second-order valence-corrected chi connectivity index (χ2v) is 6.06. The van der Waals surface area contributed by atoms with Crippen molar-refractivity contribution in [3.63, 3.8) is 0 Å². The molecule has 1 heterocycles. The molecular formula is C17H21NO3. The van der Waals surface area contributed by atoms with Gasteiger partial charge >= 0.3 is 5.97 Å². The van der Waals surface area contributed by atoms with Gasteiger partial charge in [-0.1, -0.05) is 36.8 Å². The summed E-state index contributed by atoms with van der Waals surface area (Å²) in [6.07, 6.45) is 3.63. The number of benzene rings is 1. The number of esters is 1. The van der Waals surface area contributed by atoms with Crippen molar-refractivity contribution in [3.05, 3.63) is 35.9 Å². The molecule has 0 aromatic heterocycles. The standard InChI is InChI=1S/C17H21NO3/c1-21-15(19)13-8-11-18(12-13)16(20)17(9-5-10-17)14-6-3-2-4-7-14/h2-4,6-7,13H,5,8-12H2,1H3. The summed E-state index contributed by atoms with van der Waals surface area (Å²) in [7, 11) is 1.41. The summed E-state index contributed by atoms with van der Waals surface area (Å²) in [5, 5.41) is 0. The Bertz CT molecular complexity index is 536. The largest absolute Gasteiger partial charge is 0.469 e. The number of likely N-dealkylation sites (tertiary alicyclic amines) is 1. The van der Waals surface area contributed by atoms with Crippen molar-refractivity contribution in [2.45, 2.75) is 31.1 Å². The van der Waals surface area contributed by atoms with Crippen LogP contribution in [0.3, 0.4) is 0 Å². The molecule has 1 amide bonds. The minimum absolute atomic E-state index is 0.160. The van der Waals surface area contributed by atoms with Gasteiger partial charge in [0.05, 0.1) is 18.4 Å². The molecule has 21 heavy (non-hydrogen) atoms. The number of hydrogen-bond acceptors (Lipinski definition) is 3. The van der Waals surface area contributed by atoms with Crippen LogP contribution in [0.1, 0.15) is 31.2 Å². The van der Waals surface area contributed by atoms with Crippen LogP contribution in [0.2, 0.25) is 0 Å². The third-order valence-electron chi connectivity index (χ3n) is 4.95. The Morgan fingerprint density at radius 2 is 1.95 bits per heavy atom. The molecule has 1 saturated carbocycles. The molecule has 1 saturated heterocycles. The highest BCUT2D eigenvalue weighted by Gasteiger charge is 2.49. The summed E-state index contributed by atoms with van der Waals surface area (Å²) >= 11 is 0. The first kappa shape index (κ1) is 14.1. The first-order valence-electron chi connectivity index (χ1n) is 7.60. The fourth-order valence-corrected chi connectivity index (χ4v) is 3.52. The normalized spacial score (nSPS) is 23.5. The number of methoxy groups -OCH3 is 1. The number of carbonyl (C=O) groups excluding carboxylic acids is 2. The van der Waals surface area contributed by atoms with Crippen molar-refractivity contribution >= 4 is 11.9 Å². The number of amides is 1. The summed E-state index contributed by atoms with van der Waals surface area (Å²) in [6.45, 7) is 1.16. The molecule has 4 heteroatoms. The first-order valence-corrected chi connectivity index (χ1v) is 7.60. The van der Waals surface area contributed by atoms with E-state index in [-0.39, 0.29) is 23.2 Å². The van der Waals surface area contributed by atoms with Crippen LogP contribution >= 0.6 is 0 Å². The average Bonchev–Trinajstić information content (AvgIpc) is 2.96. The second-order valence-electron chi connectivity index (χ2n) is 6.06. The summed E-state index contributed by atoms with van der Waals surface area (Å²) in [4.78, 5) is 26.5. The zero-order chi connectivity index (χ0) is 14.9. The van der Waals surface area contributed by atoms with E-state index >= 15 is 0 Å². The van der Waals surface area contributed by atoms with Gasteiger partial charge in [0.15, 0.2) is 0 Å². The molecule has 0 bridgehead atoms. The SMILES string of the molecule is COC(=O)C1CCN(C(=O)C2(c3ccccc3)CCC2)C1. The van der Waals surface area contributed by atoms with E-state index in [1.54, 1.807) is 0 Å². The fraction of sp³-hybridized carbons (Fsp3) is 0.529. The third kappa shape index (κ3) is 2.33. The number of rotatable bonds is 3. The fourth-order valence-electron chi connectivity index (χ4n) is 3.52. The highest BCUT2D eigenvalue weighted by Crippen LogP contribution is 2.45. The number of nitrogens with zero attached hydrogens (tertiary/aromatic N) is 1. The Morgan fingerprint density at radius 3 is 2.52 bits per heavy atom. The molecule has 112 valence electrons. The van der Waals surface area contributed by atoms with E-state index in [1.807, 2.05) is 35.2 Å². The van der Waals surface area contributed by atoms with Gasteiger partial charge in [-0.2, -0.15) is 0 Å². The lowest BCUT2D eigenvalue weighted by molar-refractivity contribution is -0.145. The highest BCUT2D eigenvalue weighted by atomic mass is 16.5. The van der Waals surface area contributed by atoms with E-state index in [2.05, 4.69) is 0 Å². The smallest absolute Gasteiger partial charge is 0.310 e. The Labute approximate surface area is 125 Å². The Hall–Kier alpha value is -1.84. The number of ether oxygens (including phenoxy) is 1. The molecule has 1 atom stereocenters. The molecule has 1 aliphatic carbocycles. The average molecular weight is 287 g/mol. The lowest BCUT2D eigenvalue weighted by atomic mass is 9.63. The quantitative estimate of drug-likeness (QED) is 0.800. The molecule has 1 aromatic carbocycles. The van der Waals surface area contributed by atoms with E-state index in [4.69, 9.17) is 4.74 Å². The van der Waals surface area contributed by atoms with E-state index in [1.165, 1.54) is 7.11 Å². The van der Waals surface area contributed by atoms with Crippen LogP contribution in [0, 0.1) is 5.92 Å². The van der Waals surface area contributed by atoms with Gasteiger partial charge < -0.3 is 9.64 Å². The third-order valence-corrected chi connectivity index (χ3v) is 4.95. The molecule has 2 aliphatic rings. The highest BCUT2D eigenvalue weighted by molar-refractivity contribution is 5.90. The molecule has 0 radical (unpaired) electrons. The molecule has 2 fully saturated rings. The van der Waals surface area contributed by atoms with Crippen LogP contribution in [-0.2, 0) is 19.7 Å². The van der Waals surface area contributed by atoms with Gasteiger partial charge in [-0.3, -0.25) is 9.59 Å². The van der Waals surface area contributed by atoms with E-state index in [0.29, 0.717) is 19.5 Å². The maximum Gasteiger partial charge on any atom is 0.310 e. The van der Waals surface area contributed by atoms with Crippen LogP contribution in [0.5, 0.6) is 0 Å². The molecule has 1 aliphatic heterocycles. The van der Waals surface area contributed by atoms with Gasteiger partial charge in [0, 0.05) is 13.1 Å². The van der Waals surface area contributed by atoms with Crippen LogP contribution in [0.15, 0.2) is 30.3 Å². The van der Waals surface area contributed by atoms with Gasteiger partial charge in [0.2, 0.25) is 5.91 Å². The van der Waals surface area contributed by atoms with Gasteiger partial charge in [-0.25, -0.2) is 0 Å². The predicted octanol–water partition coefficient (Wildman–Crippen LogP) is 2.13. The number of carbonyl (C=O) groups is 2. The monoisotopic (exact) mass is 287 g/mol. The molecule has 4 nitrogen and oxygen atoms in total. The van der Waals surface area contributed by atoms with Crippen molar-refractivity contribution in [1.82, 2.24) is 4.90 Å². The van der Waals surface area contributed by atoms with Crippen molar-refractivity contribution in [3.8, 4) is 0 Å². The number of hydrogen-bond donors (Lipinski definition) is 0. The second kappa shape index (κ2) is 5.51. The van der Waals surface area contributed by atoms with Crippen LogP contribution in [-0.4, -0.2) is 37.0 Å². The summed E-state index contributed by atoms with van der Waals surface area (Å²) < 4.78 is 4.80. The maximum atomic E-state index is 13.0. The van der Waals surface area contributed by atoms with Crippen molar-refractivity contribution in [2.75, 3.05) is 20.2 Å². The predicted molar refractivity (Wildman–Crippen MR) is 78.7 cm³/mol. The van der Waals surface area contributed by atoms with Gasteiger partial charge in [-0.15, -0.1) is 0 Å². The lowest BCUT2D eigenvalue weighted by Crippen LogP contribution is -2.50. The molecule has 0 N–H and O–H groups in total. The van der Waals surface area contributed by atoms with Crippen molar-refractivity contribution < 1.29 is 14.3 Å². The van der Waals surface area contributed by atoms with E-state index in [0.717, 1.165) is 24.8 Å².